The molecular formula is C19H27NO4. The highest BCUT2D eigenvalue weighted by atomic mass is 16.6. The van der Waals surface area contributed by atoms with E-state index in [-0.39, 0.29) is 17.4 Å². The van der Waals surface area contributed by atoms with Crippen LogP contribution >= 0.6 is 0 Å². The monoisotopic (exact) mass is 333 g/mol. The summed E-state index contributed by atoms with van der Waals surface area (Å²) in [6, 6.07) is 7.40. The molecule has 2 aliphatic heterocycles. The number of phenols is 1. The number of aromatic hydroxyl groups is 1. The molecule has 0 bridgehead atoms. The average molecular weight is 333 g/mol. The Morgan fingerprint density at radius 2 is 1.88 bits per heavy atom. The normalized spacial score (nSPS) is 23.5. The predicted octanol–water partition coefficient (Wildman–Crippen LogP) is 3.67. The van der Waals surface area contributed by atoms with Crippen LogP contribution in [-0.4, -0.2) is 47.0 Å². The zero-order chi connectivity index (χ0) is 17.4. The molecule has 2 heterocycles. The summed E-state index contributed by atoms with van der Waals surface area (Å²) in [4.78, 5) is 14.0. The Morgan fingerprint density at radius 1 is 1.25 bits per heavy atom. The van der Waals surface area contributed by atoms with Crippen LogP contribution in [-0.2, 0) is 9.47 Å². The van der Waals surface area contributed by atoms with Crippen LogP contribution in [0.2, 0.25) is 0 Å². The Balaban J connectivity index is 1.56. The van der Waals surface area contributed by atoms with E-state index in [9.17, 15) is 9.90 Å². The number of phenolic OH excluding ortho intramolecular Hbond substituents is 1. The first-order valence-electron chi connectivity index (χ1n) is 8.67. The summed E-state index contributed by atoms with van der Waals surface area (Å²) < 4.78 is 11.6. The van der Waals surface area contributed by atoms with Gasteiger partial charge >= 0.3 is 6.09 Å². The number of piperidine rings is 1. The lowest BCUT2D eigenvalue weighted by Gasteiger charge is -2.39. The topological polar surface area (TPSA) is 59.0 Å². The maximum absolute atomic E-state index is 12.2. The van der Waals surface area contributed by atoms with Crippen LogP contribution in [0, 0.1) is 0 Å². The number of amides is 1. The van der Waals surface area contributed by atoms with Gasteiger partial charge in [0.1, 0.15) is 11.4 Å². The molecule has 1 aromatic rings. The molecule has 0 unspecified atom stereocenters. The molecule has 1 atom stereocenters. The summed E-state index contributed by atoms with van der Waals surface area (Å²) in [5.41, 5.74) is 0.625. The third-order valence-electron chi connectivity index (χ3n) is 4.90. The molecule has 24 heavy (non-hydrogen) atoms. The minimum absolute atomic E-state index is 0.124. The lowest BCUT2D eigenvalue weighted by molar-refractivity contribution is -0.0485. The van der Waals surface area contributed by atoms with Gasteiger partial charge in [-0.05, 0) is 57.7 Å². The molecule has 5 nitrogen and oxygen atoms in total. The van der Waals surface area contributed by atoms with E-state index >= 15 is 0 Å². The third-order valence-corrected chi connectivity index (χ3v) is 4.90. The average Bonchev–Trinajstić information content (AvgIpc) is 2.91. The van der Waals surface area contributed by atoms with Crippen molar-refractivity contribution in [3.8, 4) is 5.75 Å². The van der Waals surface area contributed by atoms with E-state index in [1.54, 1.807) is 17.0 Å². The fourth-order valence-corrected chi connectivity index (χ4v) is 3.58. The molecule has 1 aromatic carbocycles. The molecule has 0 aromatic heterocycles. The van der Waals surface area contributed by atoms with E-state index < -0.39 is 5.60 Å². The largest absolute Gasteiger partial charge is 0.508 e. The van der Waals surface area contributed by atoms with Crippen LogP contribution in [0.15, 0.2) is 24.3 Å². The predicted molar refractivity (Wildman–Crippen MR) is 91.2 cm³/mol. The first kappa shape index (κ1) is 17.1. The van der Waals surface area contributed by atoms with Gasteiger partial charge < -0.3 is 19.5 Å². The van der Waals surface area contributed by atoms with Crippen molar-refractivity contribution in [2.24, 2.45) is 0 Å². The molecule has 1 amide bonds. The van der Waals surface area contributed by atoms with Gasteiger partial charge in [0.15, 0.2) is 0 Å². The minimum Gasteiger partial charge on any atom is -0.508 e. The minimum atomic E-state index is -0.458. The molecular weight excluding hydrogens is 306 g/mol. The van der Waals surface area contributed by atoms with Crippen LogP contribution in [0.25, 0.3) is 0 Å². The highest BCUT2D eigenvalue weighted by molar-refractivity contribution is 5.68. The van der Waals surface area contributed by atoms with E-state index in [1.165, 1.54) is 5.56 Å². The van der Waals surface area contributed by atoms with E-state index in [1.807, 2.05) is 32.9 Å². The zero-order valence-electron chi connectivity index (χ0n) is 14.7. The molecule has 0 radical (unpaired) electrons. The molecule has 2 fully saturated rings. The highest BCUT2D eigenvalue weighted by Gasteiger charge is 2.44. The SMILES string of the molecule is CC(C)(C)OC(=O)N1CCC2(CC1)C[C@@H](c1ccc(O)cc1)CO2. The first-order chi connectivity index (χ1) is 11.3. The molecule has 132 valence electrons. The molecule has 0 saturated carbocycles. The fraction of sp³-hybridized carbons (Fsp3) is 0.632. The Labute approximate surface area is 143 Å². The van der Waals surface area contributed by atoms with Crippen molar-refractivity contribution < 1.29 is 19.4 Å². The van der Waals surface area contributed by atoms with Crippen LogP contribution in [0.4, 0.5) is 4.79 Å². The molecule has 3 rings (SSSR count). The molecule has 2 saturated heterocycles. The summed E-state index contributed by atoms with van der Waals surface area (Å²) in [7, 11) is 0. The summed E-state index contributed by atoms with van der Waals surface area (Å²) in [6.45, 7) is 7.72. The van der Waals surface area contributed by atoms with Crippen LogP contribution in [0.5, 0.6) is 5.75 Å². The second kappa shape index (κ2) is 6.28. The summed E-state index contributed by atoms with van der Waals surface area (Å²) in [5.74, 6) is 0.650. The van der Waals surface area contributed by atoms with Crippen molar-refractivity contribution in [2.75, 3.05) is 19.7 Å². The van der Waals surface area contributed by atoms with Crippen LogP contribution in [0.1, 0.15) is 51.5 Å². The number of carbonyl (C=O) groups excluding carboxylic acids is 1. The van der Waals surface area contributed by atoms with Gasteiger partial charge in [-0.25, -0.2) is 4.79 Å². The molecule has 2 aliphatic rings. The van der Waals surface area contributed by atoms with Crippen molar-refractivity contribution in [1.29, 1.82) is 0 Å². The Morgan fingerprint density at radius 3 is 2.46 bits per heavy atom. The third kappa shape index (κ3) is 3.83. The number of hydrogen-bond donors (Lipinski definition) is 1. The van der Waals surface area contributed by atoms with Crippen molar-refractivity contribution >= 4 is 6.09 Å². The number of likely N-dealkylation sites (tertiary alicyclic amines) is 1. The smallest absolute Gasteiger partial charge is 0.410 e. The second-order valence-corrected chi connectivity index (χ2v) is 7.95. The quantitative estimate of drug-likeness (QED) is 0.852. The summed E-state index contributed by atoms with van der Waals surface area (Å²) in [5, 5.41) is 9.42. The van der Waals surface area contributed by atoms with Gasteiger partial charge in [0.2, 0.25) is 0 Å². The van der Waals surface area contributed by atoms with Gasteiger partial charge in [-0.3, -0.25) is 0 Å². The van der Waals surface area contributed by atoms with Crippen LogP contribution < -0.4 is 0 Å². The maximum Gasteiger partial charge on any atom is 0.410 e. The van der Waals surface area contributed by atoms with Crippen molar-refractivity contribution in [3.63, 3.8) is 0 Å². The number of hydrogen-bond acceptors (Lipinski definition) is 4. The lowest BCUT2D eigenvalue weighted by atomic mass is 9.83. The van der Waals surface area contributed by atoms with Crippen molar-refractivity contribution in [1.82, 2.24) is 4.90 Å². The Hall–Kier alpha value is -1.75. The van der Waals surface area contributed by atoms with E-state index in [0.717, 1.165) is 19.3 Å². The summed E-state index contributed by atoms with van der Waals surface area (Å²) in [6.07, 6.45) is 2.44. The number of ether oxygens (including phenoxy) is 2. The first-order valence-corrected chi connectivity index (χ1v) is 8.67. The van der Waals surface area contributed by atoms with Gasteiger partial charge in [0.25, 0.3) is 0 Å². The molecule has 1 spiro atoms. The number of benzene rings is 1. The standard InChI is InChI=1S/C19H27NO4/c1-18(2,3)24-17(22)20-10-8-19(9-11-20)12-15(13-23-19)14-4-6-16(21)7-5-14/h4-7,15,21H,8-13H2,1-3H3/t15-/m1/s1. The van der Waals surface area contributed by atoms with Crippen molar-refractivity contribution in [2.45, 2.75) is 57.2 Å². The molecule has 0 aliphatic carbocycles. The van der Waals surface area contributed by atoms with Crippen LogP contribution in [0.3, 0.4) is 0 Å². The highest BCUT2D eigenvalue weighted by Crippen LogP contribution is 2.43. The van der Waals surface area contributed by atoms with Gasteiger partial charge in [0.05, 0.1) is 12.2 Å². The second-order valence-electron chi connectivity index (χ2n) is 7.95. The van der Waals surface area contributed by atoms with E-state index in [2.05, 4.69) is 0 Å². The van der Waals surface area contributed by atoms with E-state index in [4.69, 9.17) is 9.47 Å². The Kier molecular flexibility index (Phi) is 4.47. The van der Waals surface area contributed by atoms with Crippen molar-refractivity contribution in [3.05, 3.63) is 29.8 Å². The number of nitrogens with zero attached hydrogens (tertiary/aromatic N) is 1. The lowest BCUT2D eigenvalue weighted by Crippen LogP contribution is -2.47. The van der Waals surface area contributed by atoms with E-state index in [0.29, 0.717) is 25.6 Å². The van der Waals surface area contributed by atoms with Gasteiger partial charge in [0, 0.05) is 19.0 Å². The zero-order valence-corrected chi connectivity index (χ0v) is 14.7. The van der Waals surface area contributed by atoms with Gasteiger partial charge in [-0.1, -0.05) is 12.1 Å². The van der Waals surface area contributed by atoms with Gasteiger partial charge in [-0.2, -0.15) is 0 Å². The summed E-state index contributed by atoms with van der Waals surface area (Å²) >= 11 is 0. The molecule has 1 N–H and O–H groups in total. The molecule has 5 heteroatoms. The number of rotatable bonds is 1. The number of carbonyl (C=O) groups is 1. The maximum atomic E-state index is 12.2. The Bertz CT molecular complexity index is 582. The van der Waals surface area contributed by atoms with Gasteiger partial charge in [-0.15, -0.1) is 0 Å². The fourth-order valence-electron chi connectivity index (χ4n) is 3.58.